The van der Waals surface area contributed by atoms with E-state index in [1.54, 1.807) is 11.3 Å². The second-order valence-electron chi connectivity index (χ2n) is 6.90. The summed E-state index contributed by atoms with van der Waals surface area (Å²) in [6, 6.07) is 22.0. The van der Waals surface area contributed by atoms with Crippen LogP contribution in [0.5, 0.6) is 0 Å². The van der Waals surface area contributed by atoms with E-state index in [1.807, 2.05) is 80.7 Å². The number of anilines is 2. The second-order valence-corrected chi connectivity index (χ2v) is 7.72. The van der Waals surface area contributed by atoms with Gasteiger partial charge in [-0.1, -0.05) is 72.3 Å². The van der Waals surface area contributed by atoms with Gasteiger partial charge in [0.25, 0.3) is 0 Å². The Kier molecular flexibility index (Phi) is 6.09. The molecule has 0 atom stereocenters. The molecule has 30 heavy (non-hydrogen) atoms. The molecule has 1 heterocycles. The Bertz CT molecular complexity index is 1220. The van der Waals surface area contributed by atoms with E-state index in [4.69, 9.17) is 28.7 Å². The van der Waals surface area contributed by atoms with Gasteiger partial charge in [-0.15, -0.1) is 0 Å². The fourth-order valence-electron chi connectivity index (χ4n) is 3.46. The number of hydrogen-bond acceptors (Lipinski definition) is 4. The van der Waals surface area contributed by atoms with Gasteiger partial charge in [-0.25, -0.2) is 5.06 Å². The van der Waals surface area contributed by atoms with Crippen molar-refractivity contribution in [3.05, 3.63) is 101 Å². The van der Waals surface area contributed by atoms with E-state index < -0.39 is 0 Å². The number of rotatable bonds is 6. The molecule has 5 heteroatoms. The van der Waals surface area contributed by atoms with Gasteiger partial charge in [0.2, 0.25) is 0 Å². The molecule has 3 nitrogen and oxygen atoms in total. The number of halogens is 1. The van der Waals surface area contributed by atoms with Crippen molar-refractivity contribution in [3.8, 4) is 0 Å². The van der Waals surface area contributed by atoms with Crippen molar-refractivity contribution in [2.75, 3.05) is 11.7 Å². The summed E-state index contributed by atoms with van der Waals surface area (Å²) in [5.74, 6) is 0. The molecule has 0 aliphatic heterocycles. The molecule has 0 saturated carbocycles. The molecule has 1 aromatic heterocycles. The molecule has 0 amide bonds. The second kappa shape index (κ2) is 8.92. The monoisotopic (exact) mass is 432 g/mol. The van der Waals surface area contributed by atoms with E-state index in [-0.39, 0.29) is 0 Å². The van der Waals surface area contributed by atoms with Crippen LogP contribution in [0.15, 0.2) is 79.1 Å². The first-order valence-electron chi connectivity index (χ1n) is 9.76. The van der Waals surface area contributed by atoms with Crippen LogP contribution in [0.2, 0.25) is 5.02 Å². The van der Waals surface area contributed by atoms with Crippen LogP contribution in [0.1, 0.15) is 23.6 Å². The van der Waals surface area contributed by atoms with Crippen molar-refractivity contribution >= 4 is 50.8 Å². The van der Waals surface area contributed by atoms with E-state index in [2.05, 4.69) is 11.1 Å². The van der Waals surface area contributed by atoms with Crippen LogP contribution in [0.25, 0.3) is 10.8 Å². The summed E-state index contributed by atoms with van der Waals surface area (Å²) in [4.78, 5) is 11.1. The lowest BCUT2D eigenvalue weighted by molar-refractivity contribution is 0.150. The third-order valence-electron chi connectivity index (χ3n) is 4.95. The average molecular weight is 433 g/mol. The number of aromatic nitrogens is 1. The first-order chi connectivity index (χ1) is 14.6. The molecule has 0 aliphatic carbocycles. The minimum absolute atomic E-state index is 0.504. The van der Waals surface area contributed by atoms with Crippen molar-refractivity contribution < 1.29 is 4.84 Å². The predicted octanol–water partition coefficient (Wildman–Crippen LogP) is 7.05. The molecule has 150 valence electrons. The van der Waals surface area contributed by atoms with Gasteiger partial charge in [0.1, 0.15) is 0 Å². The first-order valence-corrected chi connectivity index (χ1v) is 10.5. The van der Waals surface area contributed by atoms with Crippen LogP contribution in [-0.4, -0.2) is 16.5 Å². The minimum atomic E-state index is 0.504. The Morgan fingerprint density at radius 2 is 1.77 bits per heavy atom. The molecule has 4 aromatic rings. The molecule has 0 spiro atoms. The predicted molar refractivity (Wildman–Crippen MR) is 129 cm³/mol. The smallest absolute Gasteiger partial charge is 0.0956 e. The van der Waals surface area contributed by atoms with Crippen LogP contribution in [-0.2, 0) is 4.84 Å². The molecule has 0 saturated heterocycles. The number of hydrogen-bond donors (Lipinski definition) is 0. The van der Waals surface area contributed by atoms with E-state index in [0.717, 1.165) is 43.7 Å². The van der Waals surface area contributed by atoms with Crippen LogP contribution < -0.4 is 5.06 Å². The van der Waals surface area contributed by atoms with Crippen molar-refractivity contribution in [1.29, 1.82) is 0 Å². The Morgan fingerprint density at radius 1 is 1.00 bits per heavy atom. The van der Waals surface area contributed by atoms with E-state index in [0.29, 0.717) is 11.6 Å². The highest BCUT2D eigenvalue weighted by molar-refractivity contribution is 7.81. The Hall–Kier alpha value is -2.79. The Morgan fingerprint density at radius 3 is 2.53 bits per heavy atom. The molecule has 3 aromatic carbocycles. The molecule has 0 unspecified atom stereocenters. The summed E-state index contributed by atoms with van der Waals surface area (Å²) in [5.41, 5.74) is 4.65. The van der Waals surface area contributed by atoms with Crippen molar-refractivity contribution in [2.45, 2.75) is 13.8 Å². The highest BCUT2D eigenvalue weighted by Gasteiger charge is 2.17. The van der Waals surface area contributed by atoms with E-state index in [9.17, 15) is 0 Å². The average Bonchev–Trinajstić information content (AvgIpc) is 2.77. The largest absolute Gasteiger partial charge is 0.269 e. The van der Waals surface area contributed by atoms with Crippen LogP contribution in [0.4, 0.5) is 11.4 Å². The number of thiocarbonyl (C=S) groups is 1. The third kappa shape index (κ3) is 3.94. The number of aryl methyl sites for hydroxylation is 1. The Balaban J connectivity index is 1.76. The lowest BCUT2D eigenvalue weighted by Crippen LogP contribution is -2.18. The van der Waals surface area contributed by atoms with Gasteiger partial charge in [-0.2, -0.15) is 0 Å². The minimum Gasteiger partial charge on any atom is -0.269 e. The van der Waals surface area contributed by atoms with Gasteiger partial charge in [0.15, 0.2) is 0 Å². The van der Waals surface area contributed by atoms with E-state index >= 15 is 0 Å². The quantitative estimate of drug-likeness (QED) is 0.185. The van der Waals surface area contributed by atoms with Gasteiger partial charge >= 0.3 is 0 Å². The summed E-state index contributed by atoms with van der Waals surface area (Å²) in [6.07, 6.45) is 3.65. The summed E-state index contributed by atoms with van der Waals surface area (Å²) in [6.45, 7) is 4.51. The highest BCUT2D eigenvalue weighted by Crippen LogP contribution is 2.34. The summed E-state index contributed by atoms with van der Waals surface area (Å²) in [7, 11) is 0. The number of fused-ring (bicyclic) bond motifs is 1. The molecular weight excluding hydrogens is 412 g/mol. The lowest BCUT2D eigenvalue weighted by atomic mass is 10.00. The molecule has 0 aliphatic rings. The molecule has 4 rings (SSSR count). The fourth-order valence-corrected chi connectivity index (χ4v) is 4.19. The standard InChI is InChI=1S/C25H21ClN2OS/c1-3-29-28(24-16-27-15-18-9-5-7-11-21(18)24)19-12-13-22(23(26)14-19)25(30)20-10-6-4-8-17(20)2/h4-16H,3H2,1-2H3. The van der Waals surface area contributed by atoms with Gasteiger partial charge in [-0.05, 0) is 43.2 Å². The SMILES string of the molecule is CCON(c1ccc(C(=S)c2ccccc2C)c(Cl)c1)c1cncc2ccccc12. The summed E-state index contributed by atoms with van der Waals surface area (Å²) < 4.78 is 0. The van der Waals surface area contributed by atoms with Crippen molar-refractivity contribution in [3.63, 3.8) is 0 Å². The maximum Gasteiger partial charge on any atom is 0.0956 e. The van der Waals surface area contributed by atoms with Crippen molar-refractivity contribution in [1.82, 2.24) is 4.98 Å². The number of benzene rings is 3. The fraction of sp³-hybridized carbons (Fsp3) is 0.120. The molecule has 0 radical (unpaired) electrons. The summed E-state index contributed by atoms with van der Waals surface area (Å²) >= 11 is 12.4. The van der Waals surface area contributed by atoms with Gasteiger partial charge < -0.3 is 0 Å². The number of pyridine rings is 1. The van der Waals surface area contributed by atoms with E-state index in [1.165, 1.54) is 0 Å². The molecule has 0 fully saturated rings. The normalized spacial score (nSPS) is 10.9. The van der Waals surface area contributed by atoms with Crippen LogP contribution in [0, 0.1) is 6.92 Å². The Labute approximate surface area is 186 Å². The zero-order chi connectivity index (χ0) is 21.1. The molecule has 0 N–H and O–H groups in total. The summed E-state index contributed by atoms with van der Waals surface area (Å²) in [5, 5.41) is 4.46. The molecule has 0 bridgehead atoms. The zero-order valence-corrected chi connectivity index (χ0v) is 18.4. The molecular formula is C25H21ClN2OS. The lowest BCUT2D eigenvalue weighted by Gasteiger charge is -2.25. The van der Waals surface area contributed by atoms with Gasteiger partial charge in [0, 0.05) is 22.5 Å². The van der Waals surface area contributed by atoms with Crippen LogP contribution >= 0.6 is 23.8 Å². The van der Waals surface area contributed by atoms with Gasteiger partial charge in [0.05, 0.1) is 34.1 Å². The third-order valence-corrected chi connectivity index (χ3v) is 5.70. The highest BCUT2D eigenvalue weighted by atomic mass is 35.5. The van der Waals surface area contributed by atoms with Crippen molar-refractivity contribution in [2.24, 2.45) is 0 Å². The number of nitrogens with zero attached hydrogens (tertiary/aromatic N) is 2. The van der Waals surface area contributed by atoms with Gasteiger partial charge in [-0.3, -0.25) is 9.82 Å². The maximum atomic E-state index is 6.69. The maximum absolute atomic E-state index is 6.69. The van der Waals surface area contributed by atoms with Crippen LogP contribution in [0.3, 0.4) is 0 Å². The first kappa shape index (κ1) is 20.5. The zero-order valence-electron chi connectivity index (χ0n) is 16.8. The topological polar surface area (TPSA) is 25.4 Å².